The number of nitrogens with one attached hydrogen (secondary N) is 2. The second-order valence-corrected chi connectivity index (χ2v) is 6.63. The Hall–Kier alpha value is -2.28. The van der Waals surface area contributed by atoms with Gasteiger partial charge in [0, 0.05) is 37.9 Å². The van der Waals surface area contributed by atoms with Crippen molar-refractivity contribution in [3.05, 3.63) is 40.9 Å². The fourth-order valence-electron chi connectivity index (χ4n) is 2.95. The van der Waals surface area contributed by atoms with E-state index in [0.717, 1.165) is 55.7 Å². The number of aliphatic imine (C=N–C) groups is 1. The van der Waals surface area contributed by atoms with E-state index in [1.807, 2.05) is 18.2 Å². The van der Waals surface area contributed by atoms with Crippen molar-refractivity contribution in [3.8, 4) is 0 Å². The molecule has 1 unspecified atom stereocenters. The summed E-state index contributed by atoms with van der Waals surface area (Å²) in [5.74, 6) is 2.39. The summed E-state index contributed by atoms with van der Waals surface area (Å²) in [4.78, 5) is 11.2. The topological polar surface area (TPSA) is 78.6 Å². The third-order valence-electron chi connectivity index (χ3n) is 4.27. The Morgan fingerprint density at radius 2 is 2.35 bits per heavy atom. The summed E-state index contributed by atoms with van der Waals surface area (Å²) < 4.78 is 5.30. The molecule has 0 bridgehead atoms. The van der Waals surface area contributed by atoms with Crippen LogP contribution in [0.5, 0.6) is 0 Å². The minimum Gasteiger partial charge on any atom is -0.359 e. The summed E-state index contributed by atoms with van der Waals surface area (Å²) >= 11 is 6.26. The summed E-state index contributed by atoms with van der Waals surface area (Å²) in [5, 5.41) is 11.5. The monoisotopic (exact) mass is 376 g/mol. The van der Waals surface area contributed by atoms with Crippen LogP contribution in [0.3, 0.4) is 0 Å². The average molecular weight is 377 g/mol. The quantitative estimate of drug-likeness (QED) is 0.596. The van der Waals surface area contributed by atoms with E-state index in [1.54, 1.807) is 6.20 Å². The SMILES string of the molecule is CCNC(=NCc1cc(CC)no1)NC1CCN(c2ncccc2Cl)C1. The summed E-state index contributed by atoms with van der Waals surface area (Å²) in [7, 11) is 0. The third kappa shape index (κ3) is 4.66. The predicted molar refractivity (Wildman–Crippen MR) is 104 cm³/mol. The average Bonchev–Trinajstić information content (AvgIpc) is 3.29. The van der Waals surface area contributed by atoms with Gasteiger partial charge in [0.15, 0.2) is 11.7 Å². The smallest absolute Gasteiger partial charge is 0.191 e. The van der Waals surface area contributed by atoms with Crippen LogP contribution in [0.25, 0.3) is 0 Å². The molecule has 0 aliphatic carbocycles. The fraction of sp³-hybridized carbons (Fsp3) is 0.500. The molecule has 0 radical (unpaired) electrons. The molecular weight excluding hydrogens is 352 g/mol. The van der Waals surface area contributed by atoms with Crippen LogP contribution in [0.1, 0.15) is 31.7 Å². The highest BCUT2D eigenvalue weighted by atomic mass is 35.5. The number of hydrogen-bond donors (Lipinski definition) is 2. The molecule has 8 heteroatoms. The zero-order valence-electron chi connectivity index (χ0n) is 15.2. The molecule has 0 spiro atoms. The van der Waals surface area contributed by atoms with Gasteiger partial charge in [0.2, 0.25) is 0 Å². The van der Waals surface area contributed by atoms with Crippen molar-refractivity contribution < 1.29 is 4.52 Å². The lowest BCUT2D eigenvalue weighted by atomic mass is 10.3. The molecule has 1 fully saturated rings. The molecule has 1 atom stereocenters. The molecule has 2 aromatic rings. The zero-order valence-corrected chi connectivity index (χ0v) is 16.0. The minimum atomic E-state index is 0.284. The van der Waals surface area contributed by atoms with Crippen molar-refractivity contribution >= 4 is 23.4 Å². The third-order valence-corrected chi connectivity index (χ3v) is 4.57. The number of hydrogen-bond acceptors (Lipinski definition) is 5. The Balaban J connectivity index is 1.59. The highest BCUT2D eigenvalue weighted by Gasteiger charge is 2.25. The summed E-state index contributed by atoms with van der Waals surface area (Å²) in [6.45, 7) is 7.11. The number of halogens is 1. The van der Waals surface area contributed by atoms with E-state index in [2.05, 4.69) is 44.5 Å². The van der Waals surface area contributed by atoms with Crippen molar-refractivity contribution in [3.63, 3.8) is 0 Å². The van der Waals surface area contributed by atoms with Crippen LogP contribution in [-0.4, -0.2) is 41.8 Å². The lowest BCUT2D eigenvalue weighted by molar-refractivity contribution is 0.379. The highest BCUT2D eigenvalue weighted by Crippen LogP contribution is 2.25. The zero-order chi connectivity index (χ0) is 18.4. The molecule has 26 heavy (non-hydrogen) atoms. The number of aromatic nitrogens is 2. The van der Waals surface area contributed by atoms with Crippen molar-refractivity contribution in [1.29, 1.82) is 0 Å². The van der Waals surface area contributed by atoms with Crippen LogP contribution in [0.15, 0.2) is 33.9 Å². The number of rotatable bonds is 6. The maximum absolute atomic E-state index is 6.26. The van der Waals surface area contributed by atoms with Gasteiger partial charge in [-0.05, 0) is 31.9 Å². The van der Waals surface area contributed by atoms with Crippen LogP contribution in [0.2, 0.25) is 5.02 Å². The van der Waals surface area contributed by atoms with Gasteiger partial charge >= 0.3 is 0 Å². The van der Waals surface area contributed by atoms with Gasteiger partial charge in [0.05, 0.1) is 10.7 Å². The molecule has 0 aromatic carbocycles. The lowest BCUT2D eigenvalue weighted by Gasteiger charge is -2.20. The molecule has 3 rings (SSSR count). The first kappa shape index (κ1) is 18.5. The Morgan fingerprint density at radius 3 is 3.08 bits per heavy atom. The summed E-state index contributed by atoms with van der Waals surface area (Å²) in [6.07, 6.45) is 3.63. The van der Waals surface area contributed by atoms with Gasteiger partial charge in [-0.2, -0.15) is 0 Å². The molecule has 0 saturated carbocycles. The molecule has 140 valence electrons. The van der Waals surface area contributed by atoms with Crippen LogP contribution < -0.4 is 15.5 Å². The van der Waals surface area contributed by atoms with Crippen LogP contribution in [0.4, 0.5) is 5.82 Å². The largest absolute Gasteiger partial charge is 0.359 e. The van der Waals surface area contributed by atoms with E-state index >= 15 is 0 Å². The van der Waals surface area contributed by atoms with Crippen LogP contribution >= 0.6 is 11.6 Å². The molecule has 3 heterocycles. The van der Waals surface area contributed by atoms with Crippen molar-refractivity contribution in [2.45, 2.75) is 39.3 Å². The van der Waals surface area contributed by atoms with E-state index in [0.29, 0.717) is 11.6 Å². The Morgan fingerprint density at radius 1 is 1.46 bits per heavy atom. The highest BCUT2D eigenvalue weighted by molar-refractivity contribution is 6.32. The Labute approximate surface area is 158 Å². The molecule has 2 N–H and O–H groups in total. The standard InChI is InChI=1S/C18H25ClN6O/c1-3-13-10-15(26-24-13)11-22-18(20-4-2)23-14-7-9-25(12-14)17-16(19)6-5-8-21-17/h5-6,8,10,14H,3-4,7,9,11-12H2,1-2H3,(H2,20,22,23). The van der Waals surface area contributed by atoms with Crippen molar-refractivity contribution in [2.75, 3.05) is 24.5 Å². The van der Waals surface area contributed by atoms with E-state index in [1.165, 1.54) is 0 Å². The number of anilines is 1. The predicted octanol–water partition coefficient (Wildman–Crippen LogP) is 2.62. The van der Waals surface area contributed by atoms with Crippen LogP contribution in [0, 0.1) is 0 Å². The number of pyridine rings is 1. The van der Waals surface area contributed by atoms with Crippen molar-refractivity contribution in [2.24, 2.45) is 4.99 Å². The van der Waals surface area contributed by atoms with Gasteiger partial charge in [-0.3, -0.25) is 0 Å². The van der Waals surface area contributed by atoms with Gasteiger partial charge in [0.25, 0.3) is 0 Å². The van der Waals surface area contributed by atoms with Crippen molar-refractivity contribution in [1.82, 2.24) is 20.8 Å². The summed E-state index contributed by atoms with van der Waals surface area (Å²) in [5.41, 5.74) is 0.951. The van der Waals surface area contributed by atoms with E-state index in [9.17, 15) is 0 Å². The number of aryl methyl sites for hydroxylation is 1. The van der Waals surface area contributed by atoms with E-state index in [-0.39, 0.29) is 6.04 Å². The van der Waals surface area contributed by atoms with E-state index < -0.39 is 0 Å². The second kappa shape index (κ2) is 8.89. The molecule has 7 nitrogen and oxygen atoms in total. The Kier molecular flexibility index (Phi) is 6.33. The Bertz CT molecular complexity index is 747. The van der Waals surface area contributed by atoms with Gasteiger partial charge in [-0.1, -0.05) is 23.7 Å². The summed E-state index contributed by atoms with van der Waals surface area (Å²) in [6, 6.07) is 5.96. The molecular formula is C18H25ClN6O. The maximum atomic E-state index is 6.26. The molecule has 0 amide bonds. The van der Waals surface area contributed by atoms with E-state index in [4.69, 9.17) is 16.1 Å². The number of guanidine groups is 1. The second-order valence-electron chi connectivity index (χ2n) is 6.22. The normalized spacial score (nSPS) is 17.6. The molecule has 1 aliphatic rings. The van der Waals surface area contributed by atoms with Gasteiger partial charge in [-0.25, -0.2) is 9.98 Å². The molecule has 1 saturated heterocycles. The molecule has 2 aromatic heterocycles. The van der Waals surface area contributed by atoms with Gasteiger partial charge < -0.3 is 20.1 Å². The number of nitrogens with zero attached hydrogens (tertiary/aromatic N) is 4. The lowest BCUT2D eigenvalue weighted by Crippen LogP contribution is -2.44. The van der Waals surface area contributed by atoms with Crippen LogP contribution in [-0.2, 0) is 13.0 Å². The fourth-order valence-corrected chi connectivity index (χ4v) is 3.19. The first-order valence-corrected chi connectivity index (χ1v) is 9.42. The van der Waals surface area contributed by atoms with Gasteiger partial charge in [0.1, 0.15) is 12.4 Å². The maximum Gasteiger partial charge on any atom is 0.191 e. The minimum absolute atomic E-state index is 0.284. The first-order valence-electron chi connectivity index (χ1n) is 9.04. The van der Waals surface area contributed by atoms with Gasteiger partial charge in [-0.15, -0.1) is 0 Å². The molecule has 1 aliphatic heterocycles. The first-order chi connectivity index (χ1) is 12.7.